The Morgan fingerprint density at radius 3 is 2.28 bits per heavy atom. The SMILES string of the molecule is CCC(C)Oc1ccc(C(=O)NNC(=O)COc2ccccc2)cc1. The van der Waals surface area contributed by atoms with Crippen molar-refractivity contribution < 1.29 is 19.1 Å². The van der Waals surface area contributed by atoms with Crippen LogP contribution in [0.5, 0.6) is 11.5 Å². The lowest BCUT2D eigenvalue weighted by Crippen LogP contribution is -2.43. The van der Waals surface area contributed by atoms with E-state index in [1.807, 2.05) is 32.0 Å². The second-order valence-electron chi connectivity index (χ2n) is 5.47. The van der Waals surface area contributed by atoms with E-state index >= 15 is 0 Å². The molecule has 0 aromatic heterocycles. The Labute approximate surface area is 147 Å². The fourth-order valence-electron chi connectivity index (χ4n) is 1.90. The first-order chi connectivity index (χ1) is 12.1. The van der Waals surface area contributed by atoms with Crippen LogP contribution in [0.15, 0.2) is 54.6 Å². The quantitative estimate of drug-likeness (QED) is 0.759. The molecule has 0 fully saturated rings. The minimum Gasteiger partial charge on any atom is -0.491 e. The summed E-state index contributed by atoms with van der Waals surface area (Å²) < 4.78 is 10.9. The normalized spacial score (nSPS) is 11.3. The Kier molecular flexibility index (Phi) is 6.83. The number of rotatable bonds is 7. The summed E-state index contributed by atoms with van der Waals surface area (Å²) in [5, 5.41) is 0. The average molecular weight is 342 g/mol. The van der Waals surface area contributed by atoms with Crippen LogP contribution in [0.1, 0.15) is 30.6 Å². The average Bonchev–Trinajstić information content (AvgIpc) is 2.65. The zero-order valence-corrected chi connectivity index (χ0v) is 14.3. The monoisotopic (exact) mass is 342 g/mol. The Morgan fingerprint density at radius 1 is 0.960 bits per heavy atom. The first-order valence-corrected chi connectivity index (χ1v) is 8.12. The van der Waals surface area contributed by atoms with E-state index in [9.17, 15) is 9.59 Å². The molecule has 0 saturated carbocycles. The molecule has 0 heterocycles. The van der Waals surface area contributed by atoms with Crippen LogP contribution in [-0.2, 0) is 4.79 Å². The predicted octanol–water partition coefficient (Wildman–Crippen LogP) is 2.70. The van der Waals surface area contributed by atoms with Gasteiger partial charge in [0.1, 0.15) is 11.5 Å². The maximum absolute atomic E-state index is 12.0. The van der Waals surface area contributed by atoms with Crippen LogP contribution < -0.4 is 20.3 Å². The van der Waals surface area contributed by atoms with E-state index in [0.717, 1.165) is 6.42 Å². The highest BCUT2D eigenvalue weighted by Crippen LogP contribution is 2.14. The zero-order valence-electron chi connectivity index (χ0n) is 14.3. The van der Waals surface area contributed by atoms with E-state index in [-0.39, 0.29) is 12.7 Å². The molecule has 132 valence electrons. The van der Waals surface area contributed by atoms with Gasteiger partial charge in [-0.1, -0.05) is 25.1 Å². The summed E-state index contributed by atoms with van der Waals surface area (Å²) in [5.74, 6) is 0.421. The molecule has 0 aliphatic heterocycles. The fourth-order valence-corrected chi connectivity index (χ4v) is 1.90. The Hall–Kier alpha value is -3.02. The van der Waals surface area contributed by atoms with Crippen molar-refractivity contribution in [1.29, 1.82) is 0 Å². The molecule has 2 rings (SSSR count). The Morgan fingerprint density at radius 2 is 1.64 bits per heavy atom. The molecule has 0 radical (unpaired) electrons. The number of hydrogen-bond donors (Lipinski definition) is 2. The van der Waals surface area contributed by atoms with E-state index in [2.05, 4.69) is 10.9 Å². The van der Waals surface area contributed by atoms with Gasteiger partial charge in [0, 0.05) is 5.56 Å². The number of carbonyl (C=O) groups excluding carboxylic acids is 2. The van der Waals surface area contributed by atoms with Gasteiger partial charge >= 0.3 is 0 Å². The van der Waals surface area contributed by atoms with Crippen molar-refractivity contribution in [3.05, 3.63) is 60.2 Å². The molecule has 6 nitrogen and oxygen atoms in total. The van der Waals surface area contributed by atoms with E-state index < -0.39 is 11.8 Å². The summed E-state index contributed by atoms with van der Waals surface area (Å²) >= 11 is 0. The first-order valence-electron chi connectivity index (χ1n) is 8.12. The van der Waals surface area contributed by atoms with Gasteiger partial charge in [0.05, 0.1) is 6.10 Å². The Bertz CT molecular complexity index is 686. The zero-order chi connectivity index (χ0) is 18.1. The summed E-state index contributed by atoms with van der Waals surface area (Å²) in [4.78, 5) is 23.7. The molecule has 0 aliphatic rings. The van der Waals surface area contributed by atoms with Gasteiger partial charge in [0.25, 0.3) is 11.8 Å². The summed E-state index contributed by atoms with van der Waals surface area (Å²) in [6.07, 6.45) is 1.02. The molecule has 0 saturated heterocycles. The maximum Gasteiger partial charge on any atom is 0.276 e. The number of carbonyl (C=O) groups is 2. The minimum atomic E-state index is -0.450. The van der Waals surface area contributed by atoms with Gasteiger partial charge in [-0.3, -0.25) is 20.4 Å². The van der Waals surface area contributed by atoms with Crippen LogP contribution in [0.3, 0.4) is 0 Å². The molecule has 1 atom stereocenters. The largest absolute Gasteiger partial charge is 0.491 e. The van der Waals surface area contributed by atoms with Gasteiger partial charge in [0.2, 0.25) is 0 Å². The molecule has 2 amide bonds. The number of nitrogens with one attached hydrogen (secondary N) is 2. The standard InChI is InChI=1S/C19H22N2O4/c1-3-14(2)25-17-11-9-15(10-12-17)19(23)21-20-18(22)13-24-16-7-5-4-6-8-16/h4-12,14H,3,13H2,1-2H3,(H,20,22)(H,21,23). The molecular weight excluding hydrogens is 320 g/mol. The van der Waals surface area contributed by atoms with Crippen molar-refractivity contribution in [2.45, 2.75) is 26.4 Å². The van der Waals surface area contributed by atoms with Crippen molar-refractivity contribution >= 4 is 11.8 Å². The molecule has 2 N–H and O–H groups in total. The fraction of sp³-hybridized carbons (Fsp3) is 0.263. The van der Waals surface area contributed by atoms with Crippen LogP contribution in [-0.4, -0.2) is 24.5 Å². The highest BCUT2D eigenvalue weighted by atomic mass is 16.5. The van der Waals surface area contributed by atoms with Crippen LogP contribution >= 0.6 is 0 Å². The van der Waals surface area contributed by atoms with Gasteiger partial charge in [-0.2, -0.15) is 0 Å². The Balaban J connectivity index is 1.76. The molecule has 2 aromatic carbocycles. The first kappa shape index (κ1) is 18.3. The van der Waals surface area contributed by atoms with E-state index in [1.165, 1.54) is 0 Å². The molecule has 0 bridgehead atoms. The summed E-state index contributed by atoms with van der Waals surface area (Å²) in [7, 11) is 0. The number of para-hydroxylation sites is 1. The molecule has 0 spiro atoms. The molecular formula is C19H22N2O4. The number of ether oxygens (including phenoxy) is 2. The molecule has 25 heavy (non-hydrogen) atoms. The highest BCUT2D eigenvalue weighted by Gasteiger charge is 2.09. The van der Waals surface area contributed by atoms with Crippen LogP contribution in [0.4, 0.5) is 0 Å². The lowest BCUT2D eigenvalue weighted by Gasteiger charge is -2.13. The third-order valence-electron chi connectivity index (χ3n) is 3.46. The van der Waals surface area contributed by atoms with Crippen LogP contribution in [0, 0.1) is 0 Å². The topological polar surface area (TPSA) is 76.7 Å². The predicted molar refractivity (Wildman–Crippen MR) is 94.4 cm³/mol. The number of amides is 2. The third kappa shape index (κ3) is 6.18. The molecule has 1 unspecified atom stereocenters. The van der Waals surface area contributed by atoms with Crippen LogP contribution in [0.25, 0.3) is 0 Å². The van der Waals surface area contributed by atoms with Crippen molar-refractivity contribution in [1.82, 2.24) is 10.9 Å². The molecule has 2 aromatic rings. The number of benzene rings is 2. The number of hydrazine groups is 1. The lowest BCUT2D eigenvalue weighted by atomic mass is 10.2. The van der Waals surface area contributed by atoms with E-state index in [4.69, 9.17) is 9.47 Å². The third-order valence-corrected chi connectivity index (χ3v) is 3.46. The summed E-state index contributed by atoms with van der Waals surface area (Å²) in [5.41, 5.74) is 5.08. The minimum absolute atomic E-state index is 0.114. The highest BCUT2D eigenvalue weighted by molar-refractivity contribution is 5.95. The molecule has 0 aliphatic carbocycles. The lowest BCUT2D eigenvalue weighted by molar-refractivity contribution is -0.123. The smallest absolute Gasteiger partial charge is 0.276 e. The number of hydrogen-bond acceptors (Lipinski definition) is 4. The molecule has 6 heteroatoms. The van der Waals surface area contributed by atoms with Gasteiger partial charge in [-0.15, -0.1) is 0 Å². The van der Waals surface area contributed by atoms with Crippen molar-refractivity contribution in [3.63, 3.8) is 0 Å². The van der Waals surface area contributed by atoms with Crippen LogP contribution in [0.2, 0.25) is 0 Å². The second kappa shape index (κ2) is 9.32. The van der Waals surface area contributed by atoms with E-state index in [0.29, 0.717) is 17.1 Å². The van der Waals surface area contributed by atoms with Crippen molar-refractivity contribution in [2.75, 3.05) is 6.61 Å². The van der Waals surface area contributed by atoms with Gasteiger partial charge in [-0.05, 0) is 49.7 Å². The van der Waals surface area contributed by atoms with Gasteiger partial charge in [0.15, 0.2) is 6.61 Å². The summed E-state index contributed by atoms with van der Waals surface area (Å²) in [6, 6.07) is 15.7. The summed E-state index contributed by atoms with van der Waals surface area (Å²) in [6.45, 7) is 3.83. The second-order valence-corrected chi connectivity index (χ2v) is 5.47. The van der Waals surface area contributed by atoms with Crippen molar-refractivity contribution in [3.8, 4) is 11.5 Å². The van der Waals surface area contributed by atoms with Gasteiger partial charge in [-0.25, -0.2) is 0 Å². The maximum atomic E-state index is 12.0. The van der Waals surface area contributed by atoms with Crippen molar-refractivity contribution in [2.24, 2.45) is 0 Å². The van der Waals surface area contributed by atoms with E-state index in [1.54, 1.807) is 36.4 Å². The van der Waals surface area contributed by atoms with Gasteiger partial charge < -0.3 is 9.47 Å².